The topological polar surface area (TPSA) is 207 Å². The van der Waals surface area contributed by atoms with Crippen LogP contribution in [0.4, 0.5) is 5.69 Å². The Labute approximate surface area is 243 Å². The molecule has 0 aliphatic heterocycles. The maximum atomic E-state index is 14.1. The quantitative estimate of drug-likeness (QED) is 0.120. The second-order valence-electron chi connectivity index (χ2n) is 11.7. The summed E-state index contributed by atoms with van der Waals surface area (Å²) in [4.78, 5) is 44.8. The molecule has 0 radical (unpaired) electrons. The van der Waals surface area contributed by atoms with E-state index in [1.54, 1.807) is 12.1 Å². The molecule has 1 aromatic carbocycles. The minimum atomic E-state index is -0.787. The van der Waals surface area contributed by atoms with E-state index in [4.69, 9.17) is 28.3 Å². The Morgan fingerprint density at radius 2 is 1.68 bits per heavy atom. The van der Waals surface area contributed by atoms with Crippen molar-refractivity contribution < 1.29 is 14.4 Å². The molecule has 11 nitrogen and oxygen atoms in total. The number of carbonyl (C=O) groups excluding carboxylic acids is 3. The largest absolute Gasteiger partial charge is 0.384 e. The molecule has 3 unspecified atom stereocenters. The molecule has 0 heterocycles. The second kappa shape index (κ2) is 15.4. The fourth-order valence-corrected chi connectivity index (χ4v) is 6.36. The third-order valence-corrected chi connectivity index (χ3v) is 8.66. The average Bonchev–Trinajstić information content (AvgIpc) is 2.95. The third kappa shape index (κ3) is 9.47. The highest BCUT2D eigenvalue weighted by Crippen LogP contribution is 2.37. The van der Waals surface area contributed by atoms with Crippen molar-refractivity contribution in [3.8, 4) is 0 Å². The Morgan fingerprint density at radius 1 is 1.00 bits per heavy atom. The number of guanidine groups is 1. The molecule has 0 spiro atoms. The van der Waals surface area contributed by atoms with E-state index in [1.165, 1.54) is 6.42 Å². The molecule has 1 aromatic rings. The number of hydrogen-bond donors (Lipinski definition) is 6. The minimum absolute atomic E-state index is 0.0146. The standard InChI is InChI=1S/C30H48N8O3/c1-19(21-8-3-2-4-9-21)29(41)38(23-14-12-22(13-15-23)27(31)32)24-10-5-7-20(17-24)18-26(39)37-25(28(33)40)11-6-16-36-30(34)35/h12-15,19-21,24-25H,2-11,16-18H2,1H3,(H3,31,32)(H2,33,40)(H,37,39)(H4,34,35,36)/t19?,20?,24?,25-/m0/s1. The molecule has 0 bridgehead atoms. The monoisotopic (exact) mass is 568 g/mol. The fourth-order valence-electron chi connectivity index (χ4n) is 6.36. The van der Waals surface area contributed by atoms with Crippen molar-refractivity contribution in [1.82, 2.24) is 5.32 Å². The third-order valence-electron chi connectivity index (χ3n) is 8.66. The van der Waals surface area contributed by atoms with Gasteiger partial charge >= 0.3 is 0 Å². The van der Waals surface area contributed by atoms with Crippen LogP contribution in [-0.4, -0.2) is 48.1 Å². The number of primary amides is 1. The van der Waals surface area contributed by atoms with Gasteiger partial charge in [0.2, 0.25) is 17.7 Å². The summed E-state index contributed by atoms with van der Waals surface area (Å²) in [5.41, 5.74) is 23.3. The predicted molar refractivity (Wildman–Crippen MR) is 162 cm³/mol. The number of nitrogens with one attached hydrogen (secondary N) is 2. The van der Waals surface area contributed by atoms with E-state index in [0.717, 1.165) is 50.6 Å². The van der Waals surface area contributed by atoms with Crippen LogP contribution in [0.5, 0.6) is 0 Å². The Morgan fingerprint density at radius 3 is 2.29 bits per heavy atom. The van der Waals surface area contributed by atoms with Crippen molar-refractivity contribution in [2.24, 2.45) is 45.7 Å². The normalized spacial score (nSPS) is 20.8. The van der Waals surface area contributed by atoms with E-state index in [9.17, 15) is 14.4 Å². The summed E-state index contributed by atoms with van der Waals surface area (Å²) in [6, 6.07) is 6.49. The molecular formula is C30H48N8O3. The molecule has 3 amide bonds. The molecule has 4 atom stereocenters. The maximum Gasteiger partial charge on any atom is 0.240 e. The summed E-state index contributed by atoms with van der Waals surface area (Å²) >= 11 is 0. The summed E-state index contributed by atoms with van der Waals surface area (Å²) in [5.74, 6) is -0.378. The highest BCUT2D eigenvalue weighted by Gasteiger charge is 2.36. The van der Waals surface area contributed by atoms with Crippen LogP contribution in [0.2, 0.25) is 0 Å². The van der Waals surface area contributed by atoms with Crippen molar-refractivity contribution in [1.29, 1.82) is 5.41 Å². The predicted octanol–water partition coefficient (Wildman–Crippen LogP) is 2.49. The van der Waals surface area contributed by atoms with Crippen LogP contribution in [0.25, 0.3) is 0 Å². The van der Waals surface area contributed by atoms with Crippen molar-refractivity contribution in [3.05, 3.63) is 29.8 Å². The van der Waals surface area contributed by atoms with E-state index in [-0.39, 0.29) is 47.9 Å². The summed E-state index contributed by atoms with van der Waals surface area (Å²) < 4.78 is 0. The number of amidine groups is 1. The van der Waals surface area contributed by atoms with E-state index in [0.29, 0.717) is 37.3 Å². The van der Waals surface area contributed by atoms with Gasteiger partial charge < -0.3 is 33.2 Å². The van der Waals surface area contributed by atoms with Gasteiger partial charge in [0, 0.05) is 36.2 Å². The van der Waals surface area contributed by atoms with Crippen molar-refractivity contribution in [2.75, 3.05) is 11.4 Å². The van der Waals surface area contributed by atoms with Crippen LogP contribution in [0.15, 0.2) is 29.3 Å². The molecular weight excluding hydrogens is 520 g/mol. The lowest BCUT2D eigenvalue weighted by molar-refractivity contribution is -0.128. The zero-order valence-corrected chi connectivity index (χ0v) is 24.3. The average molecular weight is 569 g/mol. The van der Waals surface area contributed by atoms with Crippen molar-refractivity contribution in [3.63, 3.8) is 0 Å². The van der Waals surface area contributed by atoms with Gasteiger partial charge in [0.1, 0.15) is 11.9 Å². The molecule has 226 valence electrons. The maximum absolute atomic E-state index is 14.1. The van der Waals surface area contributed by atoms with Gasteiger partial charge in [-0.05, 0) is 81.0 Å². The van der Waals surface area contributed by atoms with Gasteiger partial charge in [-0.15, -0.1) is 0 Å². The van der Waals surface area contributed by atoms with E-state index in [1.807, 2.05) is 17.0 Å². The number of carbonyl (C=O) groups is 3. The number of nitrogens with zero attached hydrogens (tertiary/aromatic N) is 2. The molecule has 41 heavy (non-hydrogen) atoms. The number of benzene rings is 1. The van der Waals surface area contributed by atoms with Gasteiger partial charge in [-0.25, -0.2) is 0 Å². The number of rotatable bonds is 13. The first-order valence-corrected chi connectivity index (χ1v) is 15.0. The van der Waals surface area contributed by atoms with Crippen LogP contribution in [0.3, 0.4) is 0 Å². The summed E-state index contributed by atoms with van der Waals surface area (Å²) in [5, 5.41) is 10.5. The summed E-state index contributed by atoms with van der Waals surface area (Å²) in [6.45, 7) is 2.41. The fraction of sp³-hybridized carbons (Fsp3) is 0.633. The van der Waals surface area contributed by atoms with Crippen LogP contribution in [0, 0.1) is 23.2 Å². The minimum Gasteiger partial charge on any atom is -0.384 e. The first-order valence-electron chi connectivity index (χ1n) is 15.0. The second-order valence-corrected chi connectivity index (χ2v) is 11.7. The van der Waals surface area contributed by atoms with Gasteiger partial charge in [-0.3, -0.25) is 24.8 Å². The van der Waals surface area contributed by atoms with E-state index in [2.05, 4.69) is 17.2 Å². The van der Waals surface area contributed by atoms with Gasteiger partial charge in [-0.1, -0.05) is 32.6 Å². The summed E-state index contributed by atoms with van der Waals surface area (Å²) in [6.07, 6.45) is 10.1. The van der Waals surface area contributed by atoms with Crippen molar-refractivity contribution >= 4 is 35.2 Å². The molecule has 0 saturated heterocycles. The number of anilines is 1. The van der Waals surface area contributed by atoms with Crippen LogP contribution >= 0.6 is 0 Å². The number of hydrogen-bond acceptors (Lipinski definition) is 5. The molecule has 2 fully saturated rings. The molecule has 0 aromatic heterocycles. The van der Waals surface area contributed by atoms with Gasteiger partial charge in [0.15, 0.2) is 5.96 Å². The first kappa shape index (κ1) is 31.9. The van der Waals surface area contributed by atoms with Crippen LogP contribution in [-0.2, 0) is 14.4 Å². The lowest BCUT2D eigenvalue weighted by Gasteiger charge is -2.40. The van der Waals surface area contributed by atoms with Gasteiger partial charge in [0.25, 0.3) is 0 Å². The molecule has 2 aliphatic carbocycles. The van der Waals surface area contributed by atoms with Crippen LogP contribution in [0.1, 0.15) is 89.5 Å². The SMILES string of the molecule is CC(C(=O)N(c1ccc(C(=N)N)cc1)C1CCCC(CC(=O)N[C@@H](CCCN=C(N)N)C(N)=O)C1)C1CCCCC1. The van der Waals surface area contributed by atoms with Gasteiger partial charge in [-0.2, -0.15) is 0 Å². The smallest absolute Gasteiger partial charge is 0.240 e. The number of nitrogens with two attached hydrogens (primary N) is 4. The molecule has 10 N–H and O–H groups in total. The van der Waals surface area contributed by atoms with E-state index < -0.39 is 11.9 Å². The summed E-state index contributed by atoms with van der Waals surface area (Å²) in [7, 11) is 0. The lowest BCUT2D eigenvalue weighted by Crippen LogP contribution is -2.48. The van der Waals surface area contributed by atoms with Crippen molar-refractivity contribution in [2.45, 2.75) is 96.1 Å². The Bertz CT molecular complexity index is 1080. The zero-order chi connectivity index (χ0) is 29.9. The highest BCUT2D eigenvalue weighted by molar-refractivity contribution is 5.98. The lowest BCUT2D eigenvalue weighted by atomic mass is 9.78. The number of amides is 3. The molecule has 2 aliphatic rings. The van der Waals surface area contributed by atoms with Crippen LogP contribution < -0.4 is 33.2 Å². The Balaban J connectivity index is 1.71. The molecule has 3 rings (SSSR count). The molecule has 11 heteroatoms. The van der Waals surface area contributed by atoms with E-state index >= 15 is 0 Å². The Kier molecular flexibility index (Phi) is 12.0. The first-order chi connectivity index (χ1) is 19.6. The Hall–Kier alpha value is -3.63. The highest BCUT2D eigenvalue weighted by atomic mass is 16.2. The molecule has 2 saturated carbocycles. The number of nitrogen functional groups attached to an aromatic ring is 1. The van der Waals surface area contributed by atoms with Gasteiger partial charge in [0.05, 0.1) is 0 Å². The zero-order valence-electron chi connectivity index (χ0n) is 24.3. The number of aliphatic imine (C=N–C) groups is 1.